The molecule has 3 aromatic rings. The van der Waals surface area contributed by atoms with Crippen LogP contribution in [-0.2, 0) is 6.54 Å². The number of likely N-dealkylation sites (tertiary alicyclic amines) is 1. The first-order valence-corrected chi connectivity index (χ1v) is 11.3. The summed E-state index contributed by atoms with van der Waals surface area (Å²) >= 11 is 0. The Labute approximate surface area is 192 Å². The van der Waals surface area contributed by atoms with Gasteiger partial charge < -0.3 is 19.3 Å². The van der Waals surface area contributed by atoms with E-state index in [1.165, 1.54) is 5.56 Å². The number of benzene rings is 2. The average Bonchev–Trinajstić information content (AvgIpc) is 3.19. The minimum Gasteiger partial charge on any atom is -0.490 e. The Hall–Kier alpha value is -3.33. The number of hydrogen-bond donors (Lipinski definition) is 1. The second kappa shape index (κ2) is 10.1. The lowest BCUT2D eigenvalue weighted by atomic mass is 10.0. The third kappa shape index (κ3) is 5.54. The molecule has 1 aliphatic heterocycles. The Morgan fingerprint density at radius 2 is 1.94 bits per heavy atom. The highest BCUT2D eigenvalue weighted by molar-refractivity contribution is 5.77. The Bertz CT molecular complexity index is 1110. The van der Waals surface area contributed by atoms with Crippen LogP contribution in [0.5, 0.6) is 17.2 Å². The third-order valence-corrected chi connectivity index (χ3v) is 5.63. The van der Waals surface area contributed by atoms with Crippen molar-refractivity contribution in [2.75, 3.05) is 19.7 Å². The first kappa shape index (κ1) is 22.8. The van der Waals surface area contributed by atoms with Crippen molar-refractivity contribution in [3.05, 3.63) is 42.0 Å². The van der Waals surface area contributed by atoms with Crippen LogP contribution in [0.3, 0.4) is 0 Å². The highest BCUT2D eigenvalue weighted by atomic mass is 16.7. The molecule has 9 heteroatoms. The monoisotopic (exact) mass is 454 g/mol. The maximum absolute atomic E-state index is 10.7. The minimum absolute atomic E-state index is 0.0956. The van der Waals surface area contributed by atoms with Crippen LogP contribution in [0.15, 0.2) is 36.4 Å². The van der Waals surface area contributed by atoms with Crippen LogP contribution in [-0.4, -0.2) is 57.0 Å². The fraction of sp³-hybridized carbons (Fsp3) is 0.458. The van der Waals surface area contributed by atoms with E-state index >= 15 is 0 Å². The maximum Gasteiger partial charge on any atom is 0.511 e. The summed E-state index contributed by atoms with van der Waals surface area (Å²) in [5.41, 5.74) is 2.71. The Morgan fingerprint density at radius 3 is 2.64 bits per heavy atom. The van der Waals surface area contributed by atoms with Gasteiger partial charge in [-0.05, 0) is 63.4 Å². The topological polar surface area (TPSA) is 98.9 Å². The molecule has 4 rings (SSSR count). The molecule has 0 atom stereocenters. The van der Waals surface area contributed by atoms with Crippen molar-refractivity contribution in [2.45, 2.75) is 52.3 Å². The Kier molecular flexibility index (Phi) is 6.98. The van der Waals surface area contributed by atoms with Crippen molar-refractivity contribution in [1.29, 1.82) is 0 Å². The third-order valence-electron chi connectivity index (χ3n) is 5.63. The van der Waals surface area contributed by atoms with Crippen LogP contribution in [0.2, 0.25) is 0 Å². The van der Waals surface area contributed by atoms with Gasteiger partial charge in [0, 0.05) is 25.7 Å². The predicted molar refractivity (Wildman–Crippen MR) is 123 cm³/mol. The molecule has 1 aromatic heterocycles. The lowest BCUT2D eigenvalue weighted by molar-refractivity contribution is 0.144. The number of carboxylic acid groups (broad SMARTS) is 1. The van der Waals surface area contributed by atoms with Gasteiger partial charge in [-0.3, -0.25) is 4.90 Å². The van der Waals surface area contributed by atoms with E-state index in [1.807, 2.05) is 37.6 Å². The van der Waals surface area contributed by atoms with E-state index in [-0.39, 0.29) is 17.9 Å². The molecule has 0 saturated carbocycles. The fourth-order valence-electron chi connectivity index (χ4n) is 4.21. The van der Waals surface area contributed by atoms with Crippen LogP contribution in [0.25, 0.3) is 11.0 Å². The summed E-state index contributed by atoms with van der Waals surface area (Å²) in [5.74, 6) is 1.82. The van der Waals surface area contributed by atoms with Crippen molar-refractivity contribution in [1.82, 2.24) is 19.9 Å². The number of ether oxygens (including phenoxy) is 3. The Balaban J connectivity index is 1.39. The average molecular weight is 455 g/mol. The van der Waals surface area contributed by atoms with E-state index in [4.69, 9.17) is 19.3 Å². The van der Waals surface area contributed by atoms with E-state index in [0.29, 0.717) is 12.1 Å². The van der Waals surface area contributed by atoms with Gasteiger partial charge in [-0.15, -0.1) is 5.10 Å². The number of nitrogens with zero attached hydrogens (tertiary/aromatic N) is 4. The van der Waals surface area contributed by atoms with E-state index in [0.717, 1.165) is 49.5 Å². The highest BCUT2D eigenvalue weighted by Gasteiger charge is 2.23. The van der Waals surface area contributed by atoms with Crippen LogP contribution in [0.1, 0.15) is 45.2 Å². The molecule has 1 aliphatic rings. The zero-order valence-corrected chi connectivity index (χ0v) is 19.2. The molecule has 2 aromatic carbocycles. The van der Waals surface area contributed by atoms with Crippen LogP contribution < -0.4 is 14.2 Å². The van der Waals surface area contributed by atoms with Crippen molar-refractivity contribution in [3.63, 3.8) is 0 Å². The van der Waals surface area contributed by atoms with Gasteiger partial charge in [-0.2, -0.15) is 0 Å². The van der Waals surface area contributed by atoms with Gasteiger partial charge in [0.2, 0.25) is 0 Å². The molecule has 1 N–H and O–H groups in total. The van der Waals surface area contributed by atoms with Crippen molar-refractivity contribution < 1.29 is 24.1 Å². The quantitative estimate of drug-likeness (QED) is 0.392. The predicted octanol–water partition coefficient (Wildman–Crippen LogP) is 4.51. The second-order valence-electron chi connectivity index (χ2n) is 8.44. The van der Waals surface area contributed by atoms with Gasteiger partial charge in [0.15, 0.2) is 11.5 Å². The molecule has 9 nitrogen and oxygen atoms in total. The summed E-state index contributed by atoms with van der Waals surface area (Å²) in [4.78, 5) is 13.2. The van der Waals surface area contributed by atoms with Gasteiger partial charge >= 0.3 is 6.16 Å². The molecule has 2 heterocycles. The first-order valence-electron chi connectivity index (χ1n) is 11.3. The smallest absolute Gasteiger partial charge is 0.490 e. The summed E-state index contributed by atoms with van der Waals surface area (Å²) in [6.45, 7) is 9.33. The SMILES string of the molecule is CCOc1cc(CN2CCC(n3nnc4cc(OC(=O)O)ccc43)CC2)ccc1OC(C)C. The second-order valence-corrected chi connectivity index (χ2v) is 8.44. The molecule has 0 spiro atoms. The lowest BCUT2D eigenvalue weighted by Crippen LogP contribution is -2.34. The fourth-order valence-corrected chi connectivity index (χ4v) is 4.21. The van der Waals surface area contributed by atoms with E-state index in [1.54, 1.807) is 12.1 Å². The number of carbonyl (C=O) groups is 1. The molecule has 0 radical (unpaired) electrons. The van der Waals surface area contributed by atoms with Crippen LogP contribution in [0, 0.1) is 0 Å². The van der Waals surface area contributed by atoms with E-state index in [2.05, 4.69) is 27.3 Å². The molecule has 1 fully saturated rings. The van der Waals surface area contributed by atoms with E-state index in [9.17, 15) is 4.79 Å². The zero-order valence-electron chi connectivity index (χ0n) is 19.2. The number of aromatic nitrogens is 3. The molecular weight excluding hydrogens is 424 g/mol. The summed E-state index contributed by atoms with van der Waals surface area (Å²) in [7, 11) is 0. The van der Waals surface area contributed by atoms with Crippen LogP contribution >= 0.6 is 0 Å². The van der Waals surface area contributed by atoms with Gasteiger partial charge in [0.05, 0.1) is 24.3 Å². The van der Waals surface area contributed by atoms with E-state index < -0.39 is 6.16 Å². The first-order chi connectivity index (χ1) is 15.9. The molecule has 0 amide bonds. The summed E-state index contributed by atoms with van der Waals surface area (Å²) in [5, 5.41) is 17.3. The largest absolute Gasteiger partial charge is 0.511 e. The Morgan fingerprint density at radius 1 is 1.15 bits per heavy atom. The standard InChI is InChI=1S/C24H30N4O5/c1-4-31-23-13-17(5-8-22(23)32-16(2)3)15-27-11-9-18(10-12-27)28-21-7-6-19(33-24(29)30)14-20(21)25-26-28/h5-8,13-14,16,18H,4,9-12,15H2,1-3H3,(H,29,30). The molecule has 0 bridgehead atoms. The molecule has 176 valence electrons. The molecule has 1 saturated heterocycles. The molecular formula is C24H30N4O5. The van der Waals surface area contributed by atoms with Crippen molar-refractivity contribution >= 4 is 17.2 Å². The number of hydrogen-bond acceptors (Lipinski definition) is 7. The van der Waals surface area contributed by atoms with Crippen molar-refractivity contribution in [2.24, 2.45) is 0 Å². The summed E-state index contributed by atoms with van der Waals surface area (Å²) in [6, 6.07) is 11.5. The van der Waals surface area contributed by atoms with Gasteiger partial charge in [-0.25, -0.2) is 9.48 Å². The van der Waals surface area contributed by atoms with Gasteiger partial charge in [-0.1, -0.05) is 11.3 Å². The normalized spacial score (nSPS) is 15.2. The highest BCUT2D eigenvalue weighted by Crippen LogP contribution is 2.31. The number of piperidine rings is 1. The van der Waals surface area contributed by atoms with Crippen LogP contribution in [0.4, 0.5) is 4.79 Å². The minimum atomic E-state index is -1.34. The zero-order chi connectivity index (χ0) is 23.4. The molecule has 33 heavy (non-hydrogen) atoms. The number of fused-ring (bicyclic) bond motifs is 1. The number of rotatable bonds is 8. The maximum atomic E-state index is 10.7. The molecule has 0 aliphatic carbocycles. The van der Waals surface area contributed by atoms with Gasteiger partial charge in [0.1, 0.15) is 11.3 Å². The molecule has 0 unspecified atom stereocenters. The van der Waals surface area contributed by atoms with Crippen molar-refractivity contribution in [3.8, 4) is 17.2 Å². The summed E-state index contributed by atoms with van der Waals surface area (Å²) < 4.78 is 18.3. The lowest BCUT2D eigenvalue weighted by Gasteiger charge is -2.32. The van der Waals surface area contributed by atoms with Gasteiger partial charge in [0.25, 0.3) is 0 Å². The summed E-state index contributed by atoms with van der Waals surface area (Å²) in [6.07, 6.45) is 0.667.